The topological polar surface area (TPSA) is 92.7 Å². The minimum atomic E-state index is -3.13. The van der Waals surface area contributed by atoms with E-state index in [1.54, 1.807) is 13.0 Å². The highest BCUT2D eigenvalue weighted by Crippen LogP contribution is 2.43. The highest BCUT2D eigenvalue weighted by atomic mass is 32.2. The third-order valence-electron chi connectivity index (χ3n) is 3.59. The van der Waals surface area contributed by atoms with Crippen molar-refractivity contribution in [3.8, 4) is 11.5 Å². The van der Waals surface area contributed by atoms with Gasteiger partial charge in [0, 0.05) is 24.3 Å². The largest absolute Gasteiger partial charge is 0.504 e. The fourth-order valence-corrected chi connectivity index (χ4v) is 3.08. The van der Waals surface area contributed by atoms with Crippen LogP contribution in [-0.4, -0.2) is 43.1 Å². The molecule has 1 amide bonds. The van der Waals surface area contributed by atoms with E-state index in [1.165, 1.54) is 6.07 Å². The van der Waals surface area contributed by atoms with Crippen LogP contribution in [0, 0.1) is 0 Å². The van der Waals surface area contributed by atoms with Gasteiger partial charge in [-0.1, -0.05) is 13.0 Å². The number of aromatic hydroxyl groups is 1. The number of nitrogens with one attached hydrogen (secondary N) is 1. The first kappa shape index (κ1) is 16.6. The lowest BCUT2D eigenvalue weighted by atomic mass is 10.0. The summed E-state index contributed by atoms with van der Waals surface area (Å²) in [5.41, 5.74) is 0.530. The number of phenolic OH excluding ortho intramolecular Hbond substituents is 1. The monoisotopic (exact) mass is 327 g/mol. The molecule has 1 aliphatic heterocycles. The highest BCUT2D eigenvalue weighted by Gasteiger charge is 2.33. The van der Waals surface area contributed by atoms with Gasteiger partial charge in [-0.15, -0.1) is 0 Å². The first-order valence-corrected chi connectivity index (χ1v) is 9.00. The number of fused-ring (bicyclic) bond motifs is 1. The van der Waals surface area contributed by atoms with Crippen LogP contribution in [0.4, 0.5) is 0 Å². The number of amides is 1. The molecule has 0 radical (unpaired) electrons. The minimum absolute atomic E-state index is 0.0118. The normalized spacial score (nSPS) is 16.0. The van der Waals surface area contributed by atoms with E-state index in [-0.39, 0.29) is 29.4 Å². The summed E-state index contributed by atoms with van der Waals surface area (Å²) in [7, 11) is -3.13. The lowest BCUT2D eigenvalue weighted by molar-refractivity contribution is 0.0950. The molecule has 7 heteroatoms. The van der Waals surface area contributed by atoms with Gasteiger partial charge in [-0.25, -0.2) is 8.42 Å². The molecule has 0 fully saturated rings. The number of sulfone groups is 1. The molecule has 6 nitrogen and oxygen atoms in total. The molecule has 1 aromatic carbocycles. The molecule has 122 valence electrons. The van der Waals surface area contributed by atoms with Crippen LogP contribution in [0.3, 0.4) is 0 Å². The van der Waals surface area contributed by atoms with E-state index in [0.29, 0.717) is 12.2 Å². The number of hydrogen-bond acceptors (Lipinski definition) is 5. The average molecular weight is 327 g/mol. The van der Waals surface area contributed by atoms with Crippen molar-refractivity contribution < 1.29 is 23.1 Å². The van der Waals surface area contributed by atoms with Crippen molar-refractivity contribution in [2.24, 2.45) is 0 Å². The smallest absolute Gasteiger partial charge is 0.255 e. The van der Waals surface area contributed by atoms with Gasteiger partial charge in [0.05, 0.1) is 11.3 Å². The molecule has 22 heavy (non-hydrogen) atoms. The van der Waals surface area contributed by atoms with Gasteiger partial charge in [0.25, 0.3) is 5.91 Å². The molecular weight excluding hydrogens is 306 g/mol. The molecule has 0 aliphatic carbocycles. The summed E-state index contributed by atoms with van der Waals surface area (Å²) in [6.07, 6.45) is 0.659. The maximum atomic E-state index is 12.1. The highest BCUT2D eigenvalue weighted by molar-refractivity contribution is 7.91. The SMILES string of the molecule is CCS(=O)(=O)CCNC(=O)c1ccc2c(c1O)OC(C)(C)C2. The van der Waals surface area contributed by atoms with Crippen molar-refractivity contribution in [1.29, 1.82) is 0 Å². The second kappa shape index (κ2) is 5.79. The van der Waals surface area contributed by atoms with Crippen LogP contribution in [-0.2, 0) is 16.3 Å². The Hall–Kier alpha value is -1.76. The van der Waals surface area contributed by atoms with Gasteiger partial charge in [-0.05, 0) is 19.9 Å². The predicted octanol–water partition coefficient (Wildman–Crippen LogP) is 1.27. The zero-order valence-corrected chi connectivity index (χ0v) is 13.8. The Morgan fingerprint density at radius 2 is 2.09 bits per heavy atom. The Labute approximate surface area is 130 Å². The molecule has 0 atom stereocenters. The third-order valence-corrected chi connectivity index (χ3v) is 5.30. The van der Waals surface area contributed by atoms with Crippen molar-refractivity contribution in [3.05, 3.63) is 23.3 Å². The summed E-state index contributed by atoms with van der Waals surface area (Å²) < 4.78 is 28.4. The maximum absolute atomic E-state index is 12.1. The first-order chi connectivity index (χ1) is 10.2. The van der Waals surface area contributed by atoms with E-state index in [1.807, 2.05) is 13.8 Å². The third kappa shape index (κ3) is 3.52. The second-order valence-corrected chi connectivity index (χ2v) is 8.45. The molecular formula is C15H21NO5S. The van der Waals surface area contributed by atoms with Crippen LogP contribution in [0.1, 0.15) is 36.7 Å². The summed E-state index contributed by atoms with van der Waals surface area (Å²) >= 11 is 0. The molecule has 1 heterocycles. The van der Waals surface area contributed by atoms with Gasteiger partial charge in [-0.3, -0.25) is 4.79 Å². The number of carbonyl (C=O) groups excluding carboxylic acids is 1. The lowest BCUT2D eigenvalue weighted by Crippen LogP contribution is -2.29. The molecule has 1 aliphatic rings. The van der Waals surface area contributed by atoms with E-state index < -0.39 is 21.3 Å². The number of hydrogen-bond donors (Lipinski definition) is 2. The van der Waals surface area contributed by atoms with Crippen molar-refractivity contribution in [1.82, 2.24) is 5.32 Å². The van der Waals surface area contributed by atoms with Gasteiger partial charge in [0.15, 0.2) is 21.3 Å². The number of ether oxygens (including phenoxy) is 1. The second-order valence-electron chi connectivity index (χ2n) is 5.98. The van der Waals surface area contributed by atoms with E-state index in [2.05, 4.69) is 5.32 Å². The van der Waals surface area contributed by atoms with Crippen LogP contribution < -0.4 is 10.1 Å². The Bertz CT molecular complexity index is 694. The number of phenols is 1. The fraction of sp³-hybridized carbons (Fsp3) is 0.533. The van der Waals surface area contributed by atoms with E-state index in [9.17, 15) is 18.3 Å². The Kier molecular flexibility index (Phi) is 4.37. The van der Waals surface area contributed by atoms with Crippen LogP contribution in [0.25, 0.3) is 0 Å². The molecule has 0 saturated carbocycles. The van der Waals surface area contributed by atoms with Gasteiger partial charge in [0.2, 0.25) is 0 Å². The summed E-state index contributed by atoms with van der Waals surface area (Å²) in [6, 6.07) is 3.28. The van der Waals surface area contributed by atoms with Crippen LogP contribution in [0.2, 0.25) is 0 Å². The van der Waals surface area contributed by atoms with Crippen molar-refractivity contribution in [2.45, 2.75) is 32.8 Å². The molecule has 0 unspecified atom stereocenters. The molecule has 0 bridgehead atoms. The Morgan fingerprint density at radius 1 is 1.41 bits per heavy atom. The van der Waals surface area contributed by atoms with E-state index in [0.717, 1.165) is 5.56 Å². The fourth-order valence-electron chi connectivity index (χ4n) is 2.38. The number of carbonyl (C=O) groups is 1. The average Bonchev–Trinajstić information content (AvgIpc) is 2.74. The zero-order chi connectivity index (χ0) is 16.5. The quantitative estimate of drug-likeness (QED) is 0.849. The predicted molar refractivity (Wildman–Crippen MR) is 83.2 cm³/mol. The van der Waals surface area contributed by atoms with Crippen molar-refractivity contribution in [3.63, 3.8) is 0 Å². The van der Waals surface area contributed by atoms with Gasteiger partial charge in [-0.2, -0.15) is 0 Å². The molecule has 0 saturated heterocycles. The Morgan fingerprint density at radius 3 is 2.73 bits per heavy atom. The summed E-state index contributed by atoms with van der Waals surface area (Å²) in [4.78, 5) is 12.1. The van der Waals surface area contributed by atoms with Crippen molar-refractivity contribution in [2.75, 3.05) is 18.1 Å². The summed E-state index contributed by atoms with van der Waals surface area (Å²) in [5, 5.41) is 12.7. The van der Waals surface area contributed by atoms with Crippen LogP contribution >= 0.6 is 0 Å². The first-order valence-electron chi connectivity index (χ1n) is 7.18. The standard InChI is InChI=1S/C15H21NO5S/c1-4-22(19,20)8-7-16-14(18)11-6-5-10-9-15(2,3)21-13(10)12(11)17/h5-6,17H,4,7-9H2,1-3H3,(H,16,18). The van der Waals surface area contributed by atoms with E-state index >= 15 is 0 Å². The van der Waals surface area contributed by atoms with Crippen LogP contribution in [0.15, 0.2) is 12.1 Å². The lowest BCUT2D eigenvalue weighted by Gasteiger charge is -2.17. The zero-order valence-electron chi connectivity index (χ0n) is 13.0. The molecule has 2 N–H and O–H groups in total. The summed E-state index contributed by atoms with van der Waals surface area (Å²) in [6.45, 7) is 5.38. The van der Waals surface area contributed by atoms with Crippen molar-refractivity contribution >= 4 is 15.7 Å². The number of rotatable bonds is 5. The molecule has 0 spiro atoms. The molecule has 0 aromatic heterocycles. The molecule has 2 rings (SSSR count). The van der Waals surface area contributed by atoms with Crippen LogP contribution in [0.5, 0.6) is 11.5 Å². The molecule has 1 aromatic rings. The minimum Gasteiger partial charge on any atom is -0.504 e. The van der Waals surface area contributed by atoms with Gasteiger partial charge >= 0.3 is 0 Å². The van der Waals surface area contributed by atoms with Gasteiger partial charge in [0.1, 0.15) is 5.60 Å². The summed E-state index contributed by atoms with van der Waals surface area (Å²) in [5.74, 6) is -0.460. The maximum Gasteiger partial charge on any atom is 0.255 e. The Balaban J connectivity index is 2.10. The number of benzene rings is 1. The van der Waals surface area contributed by atoms with Gasteiger partial charge < -0.3 is 15.2 Å². The van der Waals surface area contributed by atoms with E-state index in [4.69, 9.17) is 4.74 Å².